The molecule has 0 atom stereocenters. The van der Waals surface area contributed by atoms with Crippen LogP contribution in [0.25, 0.3) is 17.2 Å². The minimum Gasteiger partial charge on any atom is -0.494 e. The highest BCUT2D eigenvalue weighted by molar-refractivity contribution is 5.90. The van der Waals surface area contributed by atoms with E-state index in [0.29, 0.717) is 37.4 Å². The Hall–Kier alpha value is -5.44. The molecule has 0 aromatic heterocycles. The normalized spacial score (nSPS) is 10.6. The molecule has 3 rings (SSSR count). The topological polar surface area (TPSA) is 114 Å². The largest absolute Gasteiger partial charge is 0.494 e. The number of ether oxygens (including phenoxy) is 5. The lowest BCUT2D eigenvalue weighted by molar-refractivity contribution is -0.138. The lowest BCUT2D eigenvalue weighted by Gasteiger charge is -2.07. The van der Waals surface area contributed by atoms with Gasteiger partial charge in [0.15, 0.2) is 0 Å². The highest BCUT2D eigenvalue weighted by atomic mass is 16.5. The second-order valence-corrected chi connectivity index (χ2v) is 11.0. The molecule has 9 heteroatoms. The summed E-state index contributed by atoms with van der Waals surface area (Å²) in [7, 11) is 0. The van der Waals surface area contributed by atoms with Crippen molar-refractivity contribution in [2.45, 2.75) is 51.4 Å². The third kappa shape index (κ3) is 15.3. The van der Waals surface area contributed by atoms with Crippen LogP contribution in [0.5, 0.6) is 11.5 Å². The van der Waals surface area contributed by atoms with E-state index in [1.54, 1.807) is 30.3 Å². The molecule has 0 aliphatic carbocycles. The van der Waals surface area contributed by atoms with Gasteiger partial charge in [0, 0.05) is 18.2 Å². The fraction of sp³-hybridized carbons (Fsp3) is 0.300. The quantitative estimate of drug-likeness (QED) is 0.0345. The van der Waals surface area contributed by atoms with E-state index in [1.807, 2.05) is 48.5 Å². The van der Waals surface area contributed by atoms with Crippen molar-refractivity contribution in [1.82, 2.24) is 0 Å². The van der Waals surface area contributed by atoms with Crippen LogP contribution in [0, 0.1) is 0 Å². The van der Waals surface area contributed by atoms with E-state index in [0.717, 1.165) is 67.0 Å². The van der Waals surface area contributed by atoms with Gasteiger partial charge >= 0.3 is 23.9 Å². The molecule has 0 amide bonds. The molecule has 0 aliphatic heterocycles. The van der Waals surface area contributed by atoms with Crippen molar-refractivity contribution in [3.63, 3.8) is 0 Å². The first-order valence-electron chi connectivity index (χ1n) is 16.5. The van der Waals surface area contributed by atoms with Gasteiger partial charge in [0.25, 0.3) is 0 Å². The standard InChI is InChI=1S/C40H44O9/c1-3-37(41)46-28-10-8-6-5-7-9-27-45-35-22-13-31(14-23-35)15-26-39(43)49-36-24-20-33(21-25-36)32-16-18-34(19-17-32)40(44)48-30-12-11-29-47-38(42)4-2/h3-4,13-26H,1-2,5-12,27-30H2. The Morgan fingerprint density at radius 2 is 0.980 bits per heavy atom. The van der Waals surface area contributed by atoms with E-state index in [1.165, 1.54) is 12.2 Å². The van der Waals surface area contributed by atoms with Crippen LogP contribution in [0.15, 0.2) is 104 Å². The van der Waals surface area contributed by atoms with Crippen LogP contribution in [-0.4, -0.2) is 50.3 Å². The van der Waals surface area contributed by atoms with Crippen LogP contribution in [0.3, 0.4) is 0 Å². The summed E-state index contributed by atoms with van der Waals surface area (Å²) < 4.78 is 26.4. The van der Waals surface area contributed by atoms with E-state index in [4.69, 9.17) is 23.7 Å². The number of unbranched alkanes of at least 4 members (excludes halogenated alkanes) is 6. The Labute approximate surface area is 288 Å². The zero-order valence-corrected chi connectivity index (χ0v) is 27.8. The Morgan fingerprint density at radius 3 is 1.55 bits per heavy atom. The van der Waals surface area contributed by atoms with Crippen molar-refractivity contribution in [1.29, 1.82) is 0 Å². The van der Waals surface area contributed by atoms with Gasteiger partial charge in [-0.25, -0.2) is 19.2 Å². The predicted octanol–water partition coefficient (Wildman–Crippen LogP) is 8.09. The van der Waals surface area contributed by atoms with Crippen LogP contribution in [0.2, 0.25) is 0 Å². The highest BCUT2D eigenvalue weighted by Gasteiger charge is 2.09. The van der Waals surface area contributed by atoms with Gasteiger partial charge < -0.3 is 23.7 Å². The number of benzene rings is 3. The van der Waals surface area contributed by atoms with Crippen molar-refractivity contribution >= 4 is 30.0 Å². The van der Waals surface area contributed by atoms with Gasteiger partial charge in [-0.1, -0.05) is 75.2 Å². The van der Waals surface area contributed by atoms with Gasteiger partial charge in [-0.05, 0) is 84.8 Å². The summed E-state index contributed by atoms with van der Waals surface area (Å²) in [5.41, 5.74) is 3.07. The molecule has 0 saturated carbocycles. The van der Waals surface area contributed by atoms with Gasteiger partial charge in [-0.15, -0.1) is 0 Å². The zero-order chi connectivity index (χ0) is 35.1. The van der Waals surface area contributed by atoms with E-state index >= 15 is 0 Å². The van der Waals surface area contributed by atoms with E-state index in [9.17, 15) is 19.2 Å². The average molecular weight is 669 g/mol. The first-order chi connectivity index (χ1) is 23.9. The second-order valence-electron chi connectivity index (χ2n) is 11.0. The molecule has 0 aliphatic rings. The van der Waals surface area contributed by atoms with Crippen LogP contribution in [-0.2, 0) is 28.6 Å². The van der Waals surface area contributed by atoms with Crippen LogP contribution in [0.4, 0.5) is 0 Å². The van der Waals surface area contributed by atoms with Crippen LogP contribution < -0.4 is 9.47 Å². The van der Waals surface area contributed by atoms with E-state index < -0.39 is 17.9 Å². The number of rotatable bonds is 22. The third-order valence-electron chi connectivity index (χ3n) is 7.22. The Kier molecular flexibility index (Phi) is 17.2. The minimum atomic E-state index is -0.494. The molecule has 3 aromatic rings. The molecule has 0 spiro atoms. The maximum atomic E-state index is 12.4. The Balaban J connectivity index is 1.32. The van der Waals surface area contributed by atoms with Crippen molar-refractivity contribution < 1.29 is 42.9 Å². The Bertz CT molecular complexity index is 1520. The molecule has 258 valence electrons. The van der Waals surface area contributed by atoms with Crippen LogP contribution in [0.1, 0.15) is 67.3 Å². The lowest BCUT2D eigenvalue weighted by Crippen LogP contribution is -2.08. The van der Waals surface area contributed by atoms with Gasteiger partial charge in [0.2, 0.25) is 0 Å². The summed E-state index contributed by atoms with van der Waals surface area (Å²) in [6.07, 6.45) is 12.7. The molecule has 0 unspecified atom stereocenters. The zero-order valence-electron chi connectivity index (χ0n) is 27.8. The number of esters is 4. The number of carbonyl (C=O) groups excluding carboxylic acids is 4. The molecule has 0 bridgehead atoms. The fourth-order valence-electron chi connectivity index (χ4n) is 4.52. The Morgan fingerprint density at radius 1 is 0.510 bits per heavy atom. The van der Waals surface area contributed by atoms with Gasteiger partial charge in [0.05, 0.1) is 32.0 Å². The molecular weight excluding hydrogens is 624 g/mol. The molecule has 0 saturated heterocycles. The number of hydrogen-bond donors (Lipinski definition) is 0. The van der Waals surface area contributed by atoms with Crippen molar-refractivity contribution in [2.24, 2.45) is 0 Å². The van der Waals surface area contributed by atoms with Gasteiger partial charge in [0.1, 0.15) is 11.5 Å². The first-order valence-corrected chi connectivity index (χ1v) is 16.5. The summed E-state index contributed by atoms with van der Waals surface area (Å²) in [6, 6.07) is 21.6. The molecule has 49 heavy (non-hydrogen) atoms. The lowest BCUT2D eigenvalue weighted by atomic mass is 10.0. The second kappa shape index (κ2) is 22.2. The molecule has 0 fully saturated rings. The molecule has 3 aromatic carbocycles. The van der Waals surface area contributed by atoms with Crippen molar-refractivity contribution in [3.8, 4) is 22.6 Å². The van der Waals surface area contributed by atoms with Crippen molar-refractivity contribution in [2.75, 3.05) is 26.4 Å². The highest BCUT2D eigenvalue weighted by Crippen LogP contribution is 2.23. The van der Waals surface area contributed by atoms with Gasteiger partial charge in [-0.3, -0.25) is 0 Å². The molecule has 0 N–H and O–H groups in total. The molecule has 0 heterocycles. The summed E-state index contributed by atoms with van der Waals surface area (Å²) >= 11 is 0. The number of carbonyl (C=O) groups is 4. The first kappa shape index (κ1) is 38.0. The summed E-state index contributed by atoms with van der Waals surface area (Å²) in [4.78, 5) is 46.7. The molecule has 9 nitrogen and oxygen atoms in total. The van der Waals surface area contributed by atoms with Crippen molar-refractivity contribution in [3.05, 3.63) is 115 Å². The summed E-state index contributed by atoms with van der Waals surface area (Å²) in [6.45, 7) is 8.27. The summed E-state index contributed by atoms with van der Waals surface area (Å²) in [5.74, 6) is -0.574. The number of hydrogen-bond acceptors (Lipinski definition) is 9. The summed E-state index contributed by atoms with van der Waals surface area (Å²) in [5, 5.41) is 0. The monoisotopic (exact) mass is 668 g/mol. The smallest absolute Gasteiger partial charge is 0.338 e. The maximum absolute atomic E-state index is 12.4. The van der Waals surface area contributed by atoms with E-state index in [2.05, 4.69) is 13.2 Å². The van der Waals surface area contributed by atoms with E-state index in [-0.39, 0.29) is 19.2 Å². The fourth-order valence-corrected chi connectivity index (χ4v) is 4.52. The average Bonchev–Trinajstić information content (AvgIpc) is 3.13. The molecule has 0 radical (unpaired) electrons. The predicted molar refractivity (Wildman–Crippen MR) is 188 cm³/mol. The minimum absolute atomic E-state index is 0.229. The van der Waals surface area contributed by atoms with Gasteiger partial charge in [-0.2, -0.15) is 0 Å². The SMILES string of the molecule is C=CC(=O)OCCCCCCCCOc1ccc(C=CC(=O)Oc2ccc(-c3ccc(C(=O)OCCCCOC(=O)C=C)cc3)cc2)cc1. The van der Waals surface area contributed by atoms with Crippen LogP contribution >= 0.6 is 0 Å². The third-order valence-corrected chi connectivity index (χ3v) is 7.22. The molecular formula is C40H44O9. The maximum Gasteiger partial charge on any atom is 0.338 e.